The highest BCUT2D eigenvalue weighted by molar-refractivity contribution is 6.30. The molecule has 0 fully saturated rings. The number of carbonyl (C=O) groups is 1. The fourth-order valence-electron chi connectivity index (χ4n) is 3.39. The number of hydrogen-bond donors (Lipinski definition) is 1. The average molecular weight is 469 g/mol. The summed E-state index contributed by atoms with van der Waals surface area (Å²) in [6, 6.07) is 17.6. The van der Waals surface area contributed by atoms with E-state index >= 15 is 0 Å². The van der Waals surface area contributed by atoms with Gasteiger partial charge in [-0.25, -0.2) is 9.18 Å². The lowest BCUT2D eigenvalue weighted by Gasteiger charge is -2.29. The third-order valence-electron chi connectivity index (χ3n) is 5.37. The second-order valence-electron chi connectivity index (χ2n) is 7.55. The molecule has 3 aromatic carbocycles. The summed E-state index contributed by atoms with van der Waals surface area (Å²) in [5.41, 5.74) is 9.04. The van der Waals surface area contributed by atoms with Crippen molar-refractivity contribution in [2.75, 3.05) is 19.4 Å². The summed E-state index contributed by atoms with van der Waals surface area (Å²) in [5.74, 6) is 0.566. The number of rotatable bonds is 8. The van der Waals surface area contributed by atoms with Gasteiger partial charge in [-0.2, -0.15) is 0 Å². The molecule has 33 heavy (non-hydrogen) atoms. The lowest BCUT2D eigenvalue weighted by Crippen LogP contribution is -2.36. The minimum Gasteiger partial charge on any atom is -0.497 e. The normalized spacial score (nSPS) is 11.5. The maximum atomic E-state index is 13.2. The zero-order chi connectivity index (χ0) is 24.0. The van der Waals surface area contributed by atoms with Gasteiger partial charge in [0.2, 0.25) is 0 Å². The summed E-state index contributed by atoms with van der Waals surface area (Å²) in [6.45, 7) is 6.36. The van der Waals surface area contributed by atoms with Crippen LogP contribution in [0.4, 0.5) is 14.9 Å². The monoisotopic (exact) mass is 468 g/mol. The molecular formula is C26H26ClFN2O3. The smallest absolute Gasteiger partial charge is 0.415 e. The van der Waals surface area contributed by atoms with Gasteiger partial charge in [-0.15, -0.1) is 0 Å². The molecule has 1 unspecified atom stereocenters. The second kappa shape index (κ2) is 10.9. The minimum absolute atomic E-state index is 0.256. The summed E-state index contributed by atoms with van der Waals surface area (Å²) >= 11 is 6.11. The maximum Gasteiger partial charge on any atom is 0.415 e. The molecule has 172 valence electrons. The van der Waals surface area contributed by atoms with Crippen LogP contribution in [0, 0.1) is 5.82 Å². The highest BCUT2D eigenvalue weighted by Crippen LogP contribution is 2.29. The van der Waals surface area contributed by atoms with E-state index in [1.807, 2.05) is 31.2 Å². The third kappa shape index (κ3) is 6.26. The highest BCUT2D eigenvalue weighted by atomic mass is 35.5. The highest BCUT2D eigenvalue weighted by Gasteiger charge is 2.24. The first-order valence-electron chi connectivity index (χ1n) is 10.4. The van der Waals surface area contributed by atoms with Crippen LogP contribution in [0.1, 0.15) is 30.5 Å². The fraction of sp³-hybridized carbons (Fsp3) is 0.192. The van der Waals surface area contributed by atoms with Gasteiger partial charge in [-0.05, 0) is 79.1 Å². The number of hydrogen-bond acceptors (Lipinski definition) is 4. The minimum atomic E-state index is -0.559. The molecule has 7 heteroatoms. The Hall–Kier alpha value is -3.51. The molecule has 0 saturated heterocycles. The van der Waals surface area contributed by atoms with Crippen LogP contribution in [-0.2, 0) is 0 Å². The van der Waals surface area contributed by atoms with Crippen LogP contribution in [0.5, 0.6) is 11.5 Å². The van der Waals surface area contributed by atoms with E-state index in [0.29, 0.717) is 23.7 Å². The predicted octanol–water partition coefficient (Wildman–Crippen LogP) is 6.74. The van der Waals surface area contributed by atoms with E-state index in [2.05, 4.69) is 6.58 Å². The Kier molecular flexibility index (Phi) is 7.96. The average Bonchev–Trinajstić information content (AvgIpc) is 2.82. The van der Waals surface area contributed by atoms with Gasteiger partial charge >= 0.3 is 6.09 Å². The van der Waals surface area contributed by atoms with E-state index in [4.69, 9.17) is 26.8 Å². The number of nitrogen functional groups attached to an aromatic ring is 1. The van der Waals surface area contributed by atoms with Crippen LogP contribution in [0.3, 0.4) is 0 Å². The van der Waals surface area contributed by atoms with Crippen LogP contribution >= 0.6 is 11.6 Å². The van der Waals surface area contributed by atoms with Crippen molar-refractivity contribution < 1.29 is 18.7 Å². The zero-order valence-corrected chi connectivity index (χ0v) is 19.3. The van der Waals surface area contributed by atoms with Crippen molar-refractivity contribution in [2.24, 2.45) is 0 Å². The molecule has 1 amide bonds. The molecule has 1 atom stereocenters. The Labute approximate surface area is 198 Å². The van der Waals surface area contributed by atoms with Crippen molar-refractivity contribution in [2.45, 2.75) is 19.4 Å². The van der Waals surface area contributed by atoms with E-state index in [1.165, 1.54) is 24.3 Å². The van der Waals surface area contributed by atoms with E-state index in [9.17, 15) is 9.18 Å². The second-order valence-corrected chi connectivity index (χ2v) is 7.99. The third-order valence-corrected chi connectivity index (χ3v) is 5.60. The molecule has 5 nitrogen and oxygen atoms in total. The molecule has 2 N–H and O–H groups in total. The Morgan fingerprint density at radius 3 is 2.36 bits per heavy atom. The molecular weight excluding hydrogens is 443 g/mol. The van der Waals surface area contributed by atoms with Crippen LogP contribution in [-0.4, -0.2) is 24.6 Å². The number of ether oxygens (including phenoxy) is 2. The topological polar surface area (TPSA) is 64.8 Å². The maximum absolute atomic E-state index is 13.2. The fourth-order valence-corrected chi connectivity index (χ4v) is 3.56. The van der Waals surface area contributed by atoms with Gasteiger partial charge in [0, 0.05) is 22.8 Å². The van der Waals surface area contributed by atoms with Crippen molar-refractivity contribution in [1.29, 1.82) is 0 Å². The molecule has 0 aliphatic carbocycles. The van der Waals surface area contributed by atoms with Crippen molar-refractivity contribution >= 4 is 29.0 Å². The summed E-state index contributed by atoms with van der Waals surface area (Å²) in [5, 5.41) is 0.555. The Balaban J connectivity index is 1.81. The molecule has 0 saturated carbocycles. The van der Waals surface area contributed by atoms with Gasteiger partial charge in [0.15, 0.2) is 0 Å². The lowest BCUT2D eigenvalue weighted by molar-refractivity contribution is 0.136. The van der Waals surface area contributed by atoms with Crippen LogP contribution in [0.15, 0.2) is 73.3 Å². The van der Waals surface area contributed by atoms with Crippen molar-refractivity contribution in [3.63, 3.8) is 0 Å². The molecule has 0 heterocycles. The van der Waals surface area contributed by atoms with Crippen LogP contribution in [0.2, 0.25) is 5.02 Å². The van der Waals surface area contributed by atoms with Gasteiger partial charge in [0.05, 0.1) is 13.2 Å². The molecule has 0 spiro atoms. The largest absolute Gasteiger partial charge is 0.497 e. The lowest BCUT2D eigenvalue weighted by atomic mass is 10.0. The molecule has 0 radical (unpaired) electrons. The number of nitrogens with two attached hydrogens (primary N) is 1. The number of methoxy groups -OCH3 is 1. The Morgan fingerprint density at radius 2 is 1.73 bits per heavy atom. The molecule has 0 aliphatic heterocycles. The number of benzene rings is 3. The molecule has 0 aromatic heterocycles. The SMILES string of the molecule is C=C(CCN(C(=O)Oc1ccc(F)cc1)C(C)c1ccc(OC)cc1)c1cc(Cl)ccc1N. The van der Waals surface area contributed by atoms with Crippen molar-refractivity contribution in [3.8, 4) is 11.5 Å². The Bertz CT molecular complexity index is 1120. The number of halogens is 2. The van der Waals surface area contributed by atoms with Crippen molar-refractivity contribution in [3.05, 3.63) is 95.3 Å². The number of nitrogens with zero attached hydrogens (tertiary/aromatic N) is 1. The van der Waals surface area contributed by atoms with Crippen LogP contribution in [0.25, 0.3) is 5.57 Å². The van der Waals surface area contributed by atoms with Crippen LogP contribution < -0.4 is 15.2 Å². The van der Waals surface area contributed by atoms with Gasteiger partial charge in [-0.1, -0.05) is 30.3 Å². The van der Waals surface area contributed by atoms with Gasteiger partial charge in [-0.3, -0.25) is 0 Å². The van der Waals surface area contributed by atoms with E-state index in [-0.39, 0.29) is 11.8 Å². The number of carbonyl (C=O) groups excluding carboxylic acids is 1. The molecule has 3 aromatic rings. The molecule has 0 bridgehead atoms. The van der Waals surface area contributed by atoms with Gasteiger partial charge in [0.1, 0.15) is 17.3 Å². The van der Waals surface area contributed by atoms with E-state index in [1.54, 1.807) is 30.2 Å². The molecule has 3 rings (SSSR count). The van der Waals surface area contributed by atoms with Gasteiger partial charge < -0.3 is 20.1 Å². The first-order valence-corrected chi connectivity index (χ1v) is 10.8. The standard InChI is InChI=1S/C26H26ClFN2O3/c1-17(24-16-20(27)6-13-25(24)29)14-15-30(18(2)19-4-9-22(32-3)10-5-19)26(31)33-23-11-7-21(28)8-12-23/h4-13,16,18H,1,14-15,29H2,2-3H3. The Morgan fingerprint density at radius 1 is 1.09 bits per heavy atom. The van der Waals surface area contributed by atoms with E-state index in [0.717, 1.165) is 22.4 Å². The predicted molar refractivity (Wildman–Crippen MR) is 130 cm³/mol. The van der Waals surface area contributed by atoms with E-state index < -0.39 is 11.9 Å². The van der Waals surface area contributed by atoms with Crippen molar-refractivity contribution in [1.82, 2.24) is 4.90 Å². The summed E-state index contributed by atoms with van der Waals surface area (Å²) in [7, 11) is 1.60. The summed E-state index contributed by atoms with van der Waals surface area (Å²) < 4.78 is 24.0. The summed E-state index contributed by atoms with van der Waals surface area (Å²) in [4.78, 5) is 14.7. The number of anilines is 1. The quantitative estimate of drug-likeness (QED) is 0.372. The first kappa shape index (κ1) is 24.1. The first-order chi connectivity index (χ1) is 15.8. The zero-order valence-electron chi connectivity index (χ0n) is 18.6. The molecule has 0 aliphatic rings. The number of amides is 1. The summed E-state index contributed by atoms with van der Waals surface area (Å²) in [6.07, 6.45) is -0.111. The van der Waals surface area contributed by atoms with Gasteiger partial charge in [0.25, 0.3) is 0 Å².